The summed E-state index contributed by atoms with van der Waals surface area (Å²) >= 11 is 0. The van der Waals surface area contributed by atoms with Crippen molar-refractivity contribution in [2.24, 2.45) is 0 Å². The van der Waals surface area contributed by atoms with E-state index in [9.17, 15) is 4.79 Å². The van der Waals surface area contributed by atoms with Gasteiger partial charge in [0.25, 0.3) is 0 Å². The molecule has 0 aliphatic carbocycles. The zero-order valence-corrected chi connectivity index (χ0v) is 15.0. The molecule has 1 amide bonds. The topological polar surface area (TPSA) is 50.8 Å². The molecule has 1 aromatic carbocycles. The monoisotopic (exact) mass is 322 g/mol. The van der Waals surface area contributed by atoms with Gasteiger partial charge in [-0.25, -0.2) is 4.79 Å². The average Bonchev–Trinajstić information content (AvgIpc) is 2.49. The summed E-state index contributed by atoms with van der Waals surface area (Å²) in [6, 6.07) is 7.95. The summed E-state index contributed by atoms with van der Waals surface area (Å²) in [5.74, 6) is 0.854. The van der Waals surface area contributed by atoms with Gasteiger partial charge < -0.3 is 19.7 Å². The molecule has 0 saturated carbocycles. The Morgan fingerprint density at radius 3 is 2.35 bits per heavy atom. The number of rotatable bonds is 8. The Morgan fingerprint density at radius 1 is 1.17 bits per heavy atom. The maximum atomic E-state index is 12.1. The van der Waals surface area contributed by atoms with Crippen molar-refractivity contribution in [3.8, 4) is 5.75 Å². The molecule has 0 atom stereocenters. The molecule has 23 heavy (non-hydrogen) atoms. The summed E-state index contributed by atoms with van der Waals surface area (Å²) in [6.07, 6.45) is 0.670. The molecule has 0 aliphatic rings. The maximum absolute atomic E-state index is 12.1. The van der Waals surface area contributed by atoms with Gasteiger partial charge in [0.05, 0.1) is 7.11 Å². The largest absolute Gasteiger partial charge is 0.497 e. The van der Waals surface area contributed by atoms with Gasteiger partial charge in [-0.05, 0) is 44.9 Å². The molecule has 0 unspecified atom stereocenters. The molecule has 0 radical (unpaired) electrons. The lowest BCUT2D eigenvalue weighted by Gasteiger charge is -2.27. The van der Waals surface area contributed by atoms with Crippen molar-refractivity contribution >= 4 is 6.09 Å². The molecule has 1 aromatic rings. The lowest BCUT2D eigenvalue weighted by molar-refractivity contribution is 0.0252. The highest BCUT2D eigenvalue weighted by Gasteiger charge is 2.21. The Balaban J connectivity index is 2.38. The second-order valence-corrected chi connectivity index (χ2v) is 6.49. The van der Waals surface area contributed by atoms with Gasteiger partial charge in [0, 0.05) is 26.2 Å². The molecule has 1 rings (SSSR count). The van der Waals surface area contributed by atoms with Gasteiger partial charge in [-0.3, -0.25) is 0 Å². The van der Waals surface area contributed by atoms with E-state index in [-0.39, 0.29) is 6.09 Å². The zero-order chi connectivity index (χ0) is 17.3. The molecule has 0 aromatic heterocycles. The molecule has 1 N–H and O–H groups in total. The fourth-order valence-corrected chi connectivity index (χ4v) is 2.08. The van der Waals surface area contributed by atoms with Crippen LogP contribution >= 0.6 is 0 Å². The lowest BCUT2D eigenvalue weighted by Crippen LogP contribution is -2.40. The summed E-state index contributed by atoms with van der Waals surface area (Å²) in [7, 11) is 1.66. The van der Waals surface area contributed by atoms with Crippen molar-refractivity contribution in [3.05, 3.63) is 29.8 Å². The van der Waals surface area contributed by atoms with E-state index >= 15 is 0 Å². The van der Waals surface area contributed by atoms with Crippen molar-refractivity contribution in [1.29, 1.82) is 0 Å². The SMILES string of the molecule is CCCN(CCNCc1ccc(OC)cc1)C(=O)OC(C)(C)C. The third kappa shape index (κ3) is 7.88. The van der Waals surface area contributed by atoms with E-state index in [1.807, 2.05) is 45.0 Å². The molecule has 130 valence electrons. The number of carbonyl (C=O) groups excluding carboxylic acids is 1. The predicted octanol–water partition coefficient (Wildman–Crippen LogP) is 3.43. The molecule has 0 aliphatic heterocycles. The molecular weight excluding hydrogens is 292 g/mol. The van der Waals surface area contributed by atoms with Gasteiger partial charge in [-0.15, -0.1) is 0 Å². The van der Waals surface area contributed by atoms with Crippen LogP contribution in [0.15, 0.2) is 24.3 Å². The number of hydrogen-bond donors (Lipinski definition) is 1. The Labute approximate surface area is 140 Å². The van der Waals surface area contributed by atoms with E-state index in [4.69, 9.17) is 9.47 Å². The van der Waals surface area contributed by atoms with Gasteiger partial charge in [0.1, 0.15) is 11.4 Å². The summed E-state index contributed by atoms with van der Waals surface area (Å²) in [5, 5.41) is 3.36. The van der Waals surface area contributed by atoms with Crippen LogP contribution in [0.4, 0.5) is 4.79 Å². The van der Waals surface area contributed by atoms with Crippen LogP contribution in [0.3, 0.4) is 0 Å². The molecule has 0 heterocycles. The van der Waals surface area contributed by atoms with Gasteiger partial charge >= 0.3 is 6.09 Å². The second-order valence-electron chi connectivity index (χ2n) is 6.49. The number of nitrogens with zero attached hydrogens (tertiary/aromatic N) is 1. The summed E-state index contributed by atoms with van der Waals surface area (Å²) in [6.45, 7) is 10.6. The first kappa shape index (κ1) is 19.3. The zero-order valence-electron chi connectivity index (χ0n) is 15.0. The van der Waals surface area contributed by atoms with Crippen LogP contribution < -0.4 is 10.1 Å². The number of amides is 1. The fraction of sp³-hybridized carbons (Fsp3) is 0.611. The van der Waals surface area contributed by atoms with Gasteiger partial charge in [-0.1, -0.05) is 19.1 Å². The van der Waals surface area contributed by atoms with Gasteiger partial charge in [-0.2, -0.15) is 0 Å². The van der Waals surface area contributed by atoms with E-state index in [2.05, 4.69) is 12.2 Å². The first-order chi connectivity index (χ1) is 10.9. The van der Waals surface area contributed by atoms with Crippen molar-refractivity contribution < 1.29 is 14.3 Å². The number of hydrogen-bond acceptors (Lipinski definition) is 4. The summed E-state index contributed by atoms with van der Waals surface area (Å²) in [5.41, 5.74) is 0.727. The molecule has 0 spiro atoms. The molecule has 0 saturated heterocycles. The summed E-state index contributed by atoms with van der Waals surface area (Å²) < 4.78 is 10.6. The Hall–Kier alpha value is -1.75. The Morgan fingerprint density at radius 2 is 1.83 bits per heavy atom. The minimum absolute atomic E-state index is 0.245. The highest BCUT2D eigenvalue weighted by molar-refractivity contribution is 5.68. The van der Waals surface area contributed by atoms with Crippen LogP contribution in [0.1, 0.15) is 39.7 Å². The fourth-order valence-electron chi connectivity index (χ4n) is 2.08. The maximum Gasteiger partial charge on any atom is 0.410 e. The van der Waals surface area contributed by atoms with E-state index < -0.39 is 5.60 Å². The first-order valence-electron chi connectivity index (χ1n) is 8.17. The predicted molar refractivity (Wildman–Crippen MR) is 92.8 cm³/mol. The number of ether oxygens (including phenoxy) is 2. The van der Waals surface area contributed by atoms with Crippen molar-refractivity contribution in [2.45, 2.75) is 46.3 Å². The minimum Gasteiger partial charge on any atom is -0.497 e. The van der Waals surface area contributed by atoms with Crippen molar-refractivity contribution in [1.82, 2.24) is 10.2 Å². The van der Waals surface area contributed by atoms with Crippen LogP contribution in [0.25, 0.3) is 0 Å². The van der Waals surface area contributed by atoms with E-state index in [0.717, 1.165) is 25.3 Å². The van der Waals surface area contributed by atoms with Crippen LogP contribution in [-0.4, -0.2) is 43.3 Å². The standard InChI is InChI=1S/C18H30N2O3/c1-6-12-20(17(21)23-18(2,3)4)13-11-19-14-15-7-9-16(22-5)10-8-15/h7-10,19H,6,11-14H2,1-5H3. The van der Waals surface area contributed by atoms with Crippen LogP contribution in [0.2, 0.25) is 0 Å². The number of carbonyl (C=O) groups is 1. The number of nitrogens with one attached hydrogen (secondary N) is 1. The third-order valence-electron chi connectivity index (χ3n) is 3.19. The molecule has 0 fully saturated rings. The average molecular weight is 322 g/mol. The Kier molecular flexibility index (Phi) is 7.89. The van der Waals surface area contributed by atoms with Crippen LogP contribution in [0, 0.1) is 0 Å². The molecular formula is C18H30N2O3. The molecule has 5 heteroatoms. The smallest absolute Gasteiger partial charge is 0.410 e. The van der Waals surface area contributed by atoms with E-state index in [1.165, 1.54) is 5.56 Å². The van der Waals surface area contributed by atoms with Gasteiger partial charge in [0.2, 0.25) is 0 Å². The van der Waals surface area contributed by atoms with Gasteiger partial charge in [0.15, 0.2) is 0 Å². The number of benzene rings is 1. The Bertz CT molecular complexity index is 466. The normalized spacial score (nSPS) is 11.2. The summed E-state index contributed by atoms with van der Waals surface area (Å²) in [4.78, 5) is 13.9. The quantitative estimate of drug-likeness (QED) is 0.745. The van der Waals surface area contributed by atoms with Crippen molar-refractivity contribution in [2.75, 3.05) is 26.7 Å². The molecule has 5 nitrogen and oxygen atoms in total. The highest BCUT2D eigenvalue weighted by Crippen LogP contribution is 2.11. The number of methoxy groups -OCH3 is 1. The first-order valence-corrected chi connectivity index (χ1v) is 8.17. The van der Waals surface area contributed by atoms with E-state index in [1.54, 1.807) is 12.0 Å². The van der Waals surface area contributed by atoms with Crippen LogP contribution in [-0.2, 0) is 11.3 Å². The van der Waals surface area contributed by atoms with E-state index in [0.29, 0.717) is 13.1 Å². The lowest BCUT2D eigenvalue weighted by atomic mass is 10.2. The van der Waals surface area contributed by atoms with Crippen LogP contribution in [0.5, 0.6) is 5.75 Å². The minimum atomic E-state index is -0.459. The second kappa shape index (κ2) is 9.40. The van der Waals surface area contributed by atoms with Crippen molar-refractivity contribution in [3.63, 3.8) is 0 Å². The third-order valence-corrected chi connectivity index (χ3v) is 3.19. The highest BCUT2D eigenvalue weighted by atomic mass is 16.6. The molecule has 0 bridgehead atoms.